The maximum absolute atomic E-state index is 11.8. The lowest BCUT2D eigenvalue weighted by molar-refractivity contribution is 0.0955. The summed E-state index contributed by atoms with van der Waals surface area (Å²) in [7, 11) is 0. The number of benzene rings is 1. The smallest absolute Gasteiger partial charge is 0.272 e. The highest BCUT2D eigenvalue weighted by atomic mass is 16.6. The van der Waals surface area contributed by atoms with Crippen molar-refractivity contribution < 1.29 is 14.3 Å². The van der Waals surface area contributed by atoms with Crippen LogP contribution in [-0.4, -0.2) is 30.3 Å². The van der Waals surface area contributed by atoms with Crippen molar-refractivity contribution in [3.8, 4) is 11.5 Å². The molecule has 2 heterocycles. The van der Waals surface area contributed by atoms with Gasteiger partial charge in [-0.3, -0.25) is 9.78 Å². The van der Waals surface area contributed by atoms with Gasteiger partial charge >= 0.3 is 0 Å². The average Bonchev–Trinajstić information content (AvgIpc) is 2.55. The number of hydrogen-bond acceptors (Lipinski definition) is 5. The van der Waals surface area contributed by atoms with Gasteiger partial charge in [0.25, 0.3) is 5.91 Å². The van der Waals surface area contributed by atoms with Crippen LogP contribution < -0.4 is 14.9 Å². The quantitative estimate of drug-likeness (QED) is 0.686. The van der Waals surface area contributed by atoms with Gasteiger partial charge in [0, 0.05) is 12.4 Å². The third-order valence-corrected chi connectivity index (χ3v) is 2.87. The summed E-state index contributed by atoms with van der Waals surface area (Å²) in [6.07, 6.45) is 4.64. The number of aromatic nitrogens is 1. The maximum Gasteiger partial charge on any atom is 0.272 e. The molecule has 3 rings (SSSR count). The van der Waals surface area contributed by atoms with Crippen molar-refractivity contribution in [2.24, 2.45) is 5.10 Å². The molecule has 0 saturated heterocycles. The van der Waals surface area contributed by atoms with E-state index in [0.717, 1.165) is 11.3 Å². The standard InChI is InChI=1S/C15H13N3O3/c19-15(12-2-1-5-16-10-12)18-17-9-11-3-4-13-14(8-11)21-7-6-20-13/h1-5,8-10H,6-7H2,(H,18,19)/b17-9-. The minimum atomic E-state index is -0.308. The molecule has 0 spiro atoms. The molecule has 106 valence electrons. The molecule has 1 aliphatic rings. The average molecular weight is 283 g/mol. The Balaban J connectivity index is 1.65. The Bertz CT molecular complexity index is 671. The van der Waals surface area contributed by atoms with Gasteiger partial charge in [-0.1, -0.05) is 0 Å². The Kier molecular flexibility index (Phi) is 3.77. The number of carbonyl (C=O) groups excluding carboxylic acids is 1. The zero-order valence-corrected chi connectivity index (χ0v) is 11.2. The Labute approximate surface area is 121 Å². The molecule has 0 aliphatic carbocycles. The van der Waals surface area contributed by atoms with Gasteiger partial charge in [0.05, 0.1) is 11.8 Å². The van der Waals surface area contributed by atoms with Gasteiger partial charge in [-0.2, -0.15) is 5.10 Å². The topological polar surface area (TPSA) is 72.8 Å². The third-order valence-electron chi connectivity index (χ3n) is 2.87. The molecule has 6 heteroatoms. The van der Waals surface area contributed by atoms with E-state index in [-0.39, 0.29) is 5.91 Å². The van der Waals surface area contributed by atoms with E-state index in [9.17, 15) is 4.79 Å². The first-order valence-electron chi connectivity index (χ1n) is 6.46. The number of nitrogens with one attached hydrogen (secondary N) is 1. The van der Waals surface area contributed by atoms with Gasteiger partial charge in [0.15, 0.2) is 11.5 Å². The van der Waals surface area contributed by atoms with E-state index in [0.29, 0.717) is 24.5 Å². The second kappa shape index (κ2) is 6.04. The van der Waals surface area contributed by atoms with Crippen molar-refractivity contribution in [1.29, 1.82) is 0 Å². The molecule has 1 aromatic heterocycles. The van der Waals surface area contributed by atoms with Crippen LogP contribution >= 0.6 is 0 Å². The Morgan fingerprint density at radius 2 is 2.10 bits per heavy atom. The Morgan fingerprint density at radius 3 is 2.90 bits per heavy atom. The van der Waals surface area contributed by atoms with Crippen molar-refractivity contribution in [2.45, 2.75) is 0 Å². The van der Waals surface area contributed by atoms with E-state index in [2.05, 4.69) is 15.5 Å². The number of fused-ring (bicyclic) bond motifs is 1. The Hall–Kier alpha value is -2.89. The van der Waals surface area contributed by atoms with Crippen LogP contribution in [0.15, 0.2) is 47.8 Å². The summed E-state index contributed by atoms with van der Waals surface area (Å²) < 4.78 is 10.9. The number of rotatable bonds is 3. The number of hydrogen-bond donors (Lipinski definition) is 1. The van der Waals surface area contributed by atoms with E-state index in [1.54, 1.807) is 24.5 Å². The zero-order valence-electron chi connectivity index (χ0n) is 11.2. The third kappa shape index (κ3) is 3.17. The van der Waals surface area contributed by atoms with Crippen molar-refractivity contribution in [3.63, 3.8) is 0 Å². The summed E-state index contributed by atoms with van der Waals surface area (Å²) in [5.74, 6) is 1.10. The monoisotopic (exact) mass is 283 g/mol. The fraction of sp³-hybridized carbons (Fsp3) is 0.133. The first-order chi connectivity index (χ1) is 10.3. The molecular weight excluding hydrogens is 270 g/mol. The molecule has 21 heavy (non-hydrogen) atoms. The number of ether oxygens (including phenoxy) is 2. The van der Waals surface area contributed by atoms with Crippen LogP contribution in [0.1, 0.15) is 15.9 Å². The molecule has 0 unspecified atom stereocenters. The van der Waals surface area contributed by atoms with Crippen molar-refractivity contribution in [2.75, 3.05) is 13.2 Å². The molecule has 1 N–H and O–H groups in total. The van der Waals surface area contributed by atoms with Crippen LogP contribution in [0.2, 0.25) is 0 Å². The SMILES string of the molecule is O=C(N/N=C\c1ccc2c(c1)OCCO2)c1cccnc1. The molecule has 6 nitrogen and oxygen atoms in total. The number of amides is 1. The summed E-state index contributed by atoms with van der Waals surface area (Å²) in [6.45, 7) is 1.09. The highest BCUT2D eigenvalue weighted by molar-refractivity contribution is 5.94. The molecular formula is C15H13N3O3. The van der Waals surface area contributed by atoms with Gasteiger partial charge in [-0.25, -0.2) is 5.43 Å². The van der Waals surface area contributed by atoms with E-state index in [1.165, 1.54) is 6.20 Å². The van der Waals surface area contributed by atoms with Crippen LogP contribution in [0.3, 0.4) is 0 Å². The predicted octanol–water partition coefficient (Wildman–Crippen LogP) is 1.62. The van der Waals surface area contributed by atoms with Crippen LogP contribution in [0.5, 0.6) is 11.5 Å². The normalized spacial score (nSPS) is 13.1. The number of pyridine rings is 1. The van der Waals surface area contributed by atoms with Crippen LogP contribution in [0.4, 0.5) is 0 Å². The lowest BCUT2D eigenvalue weighted by atomic mass is 10.2. The van der Waals surface area contributed by atoms with Crippen molar-refractivity contribution >= 4 is 12.1 Å². The molecule has 1 aliphatic heterocycles. The summed E-state index contributed by atoms with van der Waals surface area (Å²) in [5, 5.41) is 3.92. The summed E-state index contributed by atoms with van der Waals surface area (Å²) in [5.41, 5.74) is 3.71. The van der Waals surface area contributed by atoms with Gasteiger partial charge in [0.2, 0.25) is 0 Å². The van der Waals surface area contributed by atoms with Crippen LogP contribution in [-0.2, 0) is 0 Å². The molecule has 0 bridgehead atoms. The lowest BCUT2D eigenvalue weighted by Crippen LogP contribution is -2.17. The molecule has 0 radical (unpaired) electrons. The fourth-order valence-corrected chi connectivity index (χ4v) is 1.87. The van der Waals surface area contributed by atoms with Gasteiger partial charge in [-0.15, -0.1) is 0 Å². The second-order valence-corrected chi connectivity index (χ2v) is 4.34. The summed E-state index contributed by atoms with van der Waals surface area (Å²) in [6, 6.07) is 8.83. The number of hydrazone groups is 1. The Morgan fingerprint density at radius 1 is 1.24 bits per heavy atom. The number of carbonyl (C=O) groups is 1. The summed E-state index contributed by atoms with van der Waals surface area (Å²) >= 11 is 0. The minimum absolute atomic E-state index is 0.308. The zero-order chi connectivity index (χ0) is 14.5. The van der Waals surface area contributed by atoms with Gasteiger partial charge in [-0.05, 0) is 35.9 Å². The fourth-order valence-electron chi connectivity index (χ4n) is 1.87. The first-order valence-corrected chi connectivity index (χ1v) is 6.46. The van der Waals surface area contributed by atoms with Crippen LogP contribution in [0, 0.1) is 0 Å². The van der Waals surface area contributed by atoms with E-state index < -0.39 is 0 Å². The van der Waals surface area contributed by atoms with Crippen molar-refractivity contribution in [3.05, 3.63) is 53.9 Å². The maximum atomic E-state index is 11.8. The lowest BCUT2D eigenvalue weighted by Gasteiger charge is -2.18. The first kappa shape index (κ1) is 13.1. The summed E-state index contributed by atoms with van der Waals surface area (Å²) in [4.78, 5) is 15.6. The molecule has 0 atom stereocenters. The largest absolute Gasteiger partial charge is 0.486 e. The molecule has 0 saturated carbocycles. The highest BCUT2D eigenvalue weighted by Gasteiger charge is 2.10. The predicted molar refractivity (Wildman–Crippen MR) is 76.7 cm³/mol. The van der Waals surface area contributed by atoms with Crippen molar-refractivity contribution in [1.82, 2.24) is 10.4 Å². The molecule has 0 fully saturated rings. The molecule has 1 amide bonds. The van der Waals surface area contributed by atoms with Gasteiger partial charge in [0.1, 0.15) is 13.2 Å². The molecule has 1 aromatic carbocycles. The minimum Gasteiger partial charge on any atom is -0.486 e. The van der Waals surface area contributed by atoms with E-state index in [1.807, 2.05) is 18.2 Å². The highest BCUT2D eigenvalue weighted by Crippen LogP contribution is 2.30. The van der Waals surface area contributed by atoms with E-state index in [4.69, 9.17) is 9.47 Å². The molecule has 2 aromatic rings. The number of nitrogens with zero attached hydrogens (tertiary/aromatic N) is 2. The second-order valence-electron chi connectivity index (χ2n) is 4.34. The van der Waals surface area contributed by atoms with Gasteiger partial charge < -0.3 is 9.47 Å². The van der Waals surface area contributed by atoms with Crippen LogP contribution in [0.25, 0.3) is 0 Å². The van der Waals surface area contributed by atoms with E-state index >= 15 is 0 Å².